The Morgan fingerprint density at radius 2 is 1.69 bits per heavy atom. The molecule has 1 saturated heterocycles. The van der Waals surface area contributed by atoms with Crippen LogP contribution in [-0.2, 0) is 11.3 Å². The van der Waals surface area contributed by atoms with Gasteiger partial charge in [-0.3, -0.25) is 14.5 Å². The summed E-state index contributed by atoms with van der Waals surface area (Å²) in [6.07, 6.45) is 6.30. The normalized spacial score (nSPS) is 16.9. The van der Waals surface area contributed by atoms with Gasteiger partial charge in [-0.25, -0.2) is 0 Å². The molecule has 0 atom stereocenters. The summed E-state index contributed by atoms with van der Waals surface area (Å²) in [6, 6.07) is 11.9. The zero-order chi connectivity index (χ0) is 19.8. The lowest BCUT2D eigenvalue weighted by Crippen LogP contribution is -2.30. The number of carbonyl (C=O) groups is 2. The fraction of sp³-hybridized carbons (Fsp3) is 0.304. The van der Waals surface area contributed by atoms with Gasteiger partial charge in [-0.2, -0.15) is 0 Å². The summed E-state index contributed by atoms with van der Waals surface area (Å²) in [6.45, 7) is 3.48. The van der Waals surface area contributed by atoms with Crippen molar-refractivity contribution in [2.45, 2.75) is 19.4 Å². The Kier molecular flexibility index (Phi) is 4.66. The minimum absolute atomic E-state index is 0.0354. The van der Waals surface area contributed by atoms with Gasteiger partial charge in [0.15, 0.2) is 5.78 Å². The summed E-state index contributed by atoms with van der Waals surface area (Å²) >= 11 is 0. The highest BCUT2D eigenvalue weighted by Gasteiger charge is 2.21. The van der Waals surface area contributed by atoms with Crippen molar-refractivity contribution in [3.8, 4) is 11.1 Å². The van der Waals surface area contributed by atoms with Crippen molar-refractivity contribution in [2.75, 3.05) is 31.5 Å². The van der Waals surface area contributed by atoms with Crippen molar-refractivity contribution in [1.29, 1.82) is 0 Å². The van der Waals surface area contributed by atoms with Gasteiger partial charge >= 0.3 is 0 Å². The van der Waals surface area contributed by atoms with E-state index in [1.165, 1.54) is 12.8 Å². The molecule has 3 aromatic rings. The Balaban J connectivity index is 1.40. The Labute approximate surface area is 169 Å². The second-order valence-electron chi connectivity index (χ2n) is 7.83. The fourth-order valence-corrected chi connectivity index (χ4v) is 4.42. The molecule has 5 rings (SSSR count). The van der Waals surface area contributed by atoms with Gasteiger partial charge in [0, 0.05) is 30.2 Å². The van der Waals surface area contributed by atoms with Crippen molar-refractivity contribution in [3.05, 3.63) is 59.9 Å². The number of nitrogens with one attached hydrogen (secondary N) is 2. The van der Waals surface area contributed by atoms with E-state index in [1.54, 1.807) is 0 Å². The predicted molar refractivity (Wildman–Crippen MR) is 113 cm³/mol. The third-order valence-corrected chi connectivity index (χ3v) is 5.86. The van der Waals surface area contributed by atoms with Crippen LogP contribution in [0.25, 0.3) is 16.6 Å². The first-order valence-corrected chi connectivity index (χ1v) is 10.2. The maximum atomic E-state index is 12.4. The summed E-state index contributed by atoms with van der Waals surface area (Å²) in [5.41, 5.74) is 5.88. The minimum atomic E-state index is 0.0354. The van der Waals surface area contributed by atoms with Gasteiger partial charge in [0.05, 0.1) is 18.6 Å². The SMILES string of the molecule is O=C(CN1CCCC1)Nc1ccc(-c2ccn3ccc4c3c2CNCC4=O)cc1. The average Bonchev–Trinajstić information content (AvgIpc) is 3.35. The molecule has 2 aliphatic rings. The molecule has 0 aliphatic carbocycles. The largest absolute Gasteiger partial charge is 0.325 e. The van der Waals surface area contributed by atoms with Crippen LogP contribution in [0.2, 0.25) is 0 Å². The molecule has 0 unspecified atom stereocenters. The highest BCUT2D eigenvalue weighted by Crippen LogP contribution is 2.31. The molecule has 1 aromatic carbocycles. The number of carbonyl (C=O) groups excluding carboxylic acids is 2. The number of amides is 1. The summed E-state index contributed by atoms with van der Waals surface area (Å²) in [5, 5.41) is 6.24. The van der Waals surface area contributed by atoms with Crippen LogP contribution in [0.15, 0.2) is 48.8 Å². The number of Topliss-reactive ketones (excluding diaryl/α,β-unsaturated/α-hetero) is 1. The Morgan fingerprint density at radius 1 is 0.966 bits per heavy atom. The number of nitrogens with zero attached hydrogens (tertiary/aromatic N) is 2. The van der Waals surface area contributed by atoms with Crippen molar-refractivity contribution in [1.82, 2.24) is 14.6 Å². The maximum absolute atomic E-state index is 12.4. The number of pyridine rings is 1. The fourth-order valence-electron chi connectivity index (χ4n) is 4.42. The molecular formula is C23H24N4O2. The lowest BCUT2D eigenvalue weighted by atomic mass is 9.98. The van der Waals surface area contributed by atoms with Crippen LogP contribution < -0.4 is 10.6 Å². The molecule has 1 fully saturated rings. The standard InChI is InChI=1S/C23H24N4O2/c28-21-14-24-13-20-18(7-11-27-12-8-19(21)23(20)27)16-3-5-17(6-4-16)25-22(29)15-26-9-1-2-10-26/h3-8,11-12,24H,1-2,9-10,13-15H2,(H,25,29). The van der Waals surface area contributed by atoms with Gasteiger partial charge in [-0.15, -0.1) is 0 Å². The number of aromatic nitrogens is 1. The zero-order valence-electron chi connectivity index (χ0n) is 16.3. The molecule has 2 aliphatic heterocycles. The second-order valence-corrected chi connectivity index (χ2v) is 7.83. The molecule has 4 heterocycles. The second kappa shape index (κ2) is 7.46. The molecule has 0 saturated carbocycles. The van der Waals surface area contributed by atoms with Gasteiger partial charge < -0.3 is 15.0 Å². The zero-order valence-corrected chi connectivity index (χ0v) is 16.3. The first-order chi connectivity index (χ1) is 14.2. The minimum Gasteiger partial charge on any atom is -0.325 e. The van der Waals surface area contributed by atoms with Crippen LogP contribution in [0.5, 0.6) is 0 Å². The van der Waals surface area contributed by atoms with Crippen molar-refractivity contribution in [2.24, 2.45) is 0 Å². The molecule has 2 aromatic heterocycles. The van der Waals surface area contributed by atoms with E-state index in [2.05, 4.69) is 21.6 Å². The number of benzene rings is 1. The molecule has 6 heteroatoms. The Hall–Kier alpha value is -2.96. The first kappa shape index (κ1) is 18.1. The smallest absolute Gasteiger partial charge is 0.238 e. The lowest BCUT2D eigenvalue weighted by molar-refractivity contribution is -0.117. The van der Waals surface area contributed by atoms with E-state index in [0.717, 1.165) is 46.5 Å². The molecule has 0 radical (unpaired) electrons. The number of rotatable bonds is 4. The summed E-state index contributed by atoms with van der Waals surface area (Å²) < 4.78 is 2.02. The number of anilines is 1. The number of ketones is 1. The van der Waals surface area contributed by atoms with E-state index in [-0.39, 0.29) is 11.7 Å². The maximum Gasteiger partial charge on any atom is 0.238 e. The van der Waals surface area contributed by atoms with E-state index in [9.17, 15) is 9.59 Å². The molecule has 29 heavy (non-hydrogen) atoms. The van der Waals surface area contributed by atoms with Crippen LogP contribution in [0.4, 0.5) is 5.69 Å². The van der Waals surface area contributed by atoms with Gasteiger partial charge in [-0.1, -0.05) is 12.1 Å². The number of hydrogen-bond acceptors (Lipinski definition) is 4. The first-order valence-electron chi connectivity index (χ1n) is 10.2. The molecule has 6 nitrogen and oxygen atoms in total. The van der Waals surface area contributed by atoms with E-state index in [0.29, 0.717) is 19.6 Å². The summed E-state index contributed by atoms with van der Waals surface area (Å²) in [5.74, 6) is 0.160. The van der Waals surface area contributed by atoms with E-state index in [4.69, 9.17) is 0 Å². The van der Waals surface area contributed by atoms with Crippen LogP contribution >= 0.6 is 0 Å². The highest BCUT2D eigenvalue weighted by atomic mass is 16.2. The Morgan fingerprint density at radius 3 is 2.45 bits per heavy atom. The number of likely N-dealkylation sites (tertiary alicyclic amines) is 1. The monoisotopic (exact) mass is 388 g/mol. The summed E-state index contributed by atoms with van der Waals surface area (Å²) in [4.78, 5) is 26.8. The van der Waals surface area contributed by atoms with Gasteiger partial charge in [0.1, 0.15) is 0 Å². The van der Waals surface area contributed by atoms with Gasteiger partial charge in [0.25, 0.3) is 0 Å². The third-order valence-electron chi connectivity index (χ3n) is 5.86. The Bertz CT molecular complexity index is 1080. The molecule has 1 amide bonds. The summed E-state index contributed by atoms with van der Waals surface area (Å²) in [7, 11) is 0. The molecule has 0 bridgehead atoms. The van der Waals surface area contributed by atoms with Crippen molar-refractivity contribution in [3.63, 3.8) is 0 Å². The average molecular weight is 388 g/mol. The quantitative estimate of drug-likeness (QED) is 0.721. The molecular weight excluding hydrogens is 364 g/mol. The van der Waals surface area contributed by atoms with Gasteiger partial charge in [0.2, 0.25) is 5.91 Å². The predicted octanol–water partition coefficient (Wildman–Crippen LogP) is 2.93. The van der Waals surface area contributed by atoms with Crippen molar-refractivity contribution >= 4 is 22.9 Å². The lowest BCUT2D eigenvalue weighted by Gasteiger charge is -2.15. The van der Waals surface area contributed by atoms with E-state index >= 15 is 0 Å². The van der Waals surface area contributed by atoms with Crippen LogP contribution in [-0.4, -0.2) is 47.2 Å². The van der Waals surface area contributed by atoms with E-state index in [1.807, 2.05) is 47.1 Å². The van der Waals surface area contributed by atoms with E-state index < -0.39 is 0 Å². The van der Waals surface area contributed by atoms with Crippen LogP contribution in [0.3, 0.4) is 0 Å². The topological polar surface area (TPSA) is 65.8 Å². The molecule has 2 N–H and O–H groups in total. The van der Waals surface area contributed by atoms with Crippen molar-refractivity contribution < 1.29 is 9.59 Å². The van der Waals surface area contributed by atoms with Crippen LogP contribution in [0, 0.1) is 0 Å². The number of hydrogen-bond donors (Lipinski definition) is 2. The van der Waals surface area contributed by atoms with Crippen LogP contribution in [0.1, 0.15) is 28.8 Å². The molecule has 0 spiro atoms. The highest BCUT2D eigenvalue weighted by molar-refractivity contribution is 6.06. The molecule has 148 valence electrons. The van der Waals surface area contributed by atoms with Gasteiger partial charge in [-0.05, 0) is 66.9 Å². The third kappa shape index (κ3) is 3.45.